The predicted molar refractivity (Wildman–Crippen MR) is 139 cm³/mol. The molecule has 39 heavy (non-hydrogen) atoms. The third kappa shape index (κ3) is 6.17. The van der Waals surface area contributed by atoms with Crippen molar-refractivity contribution in [2.24, 2.45) is 11.1 Å². The molecule has 0 bridgehead atoms. The highest BCUT2D eigenvalue weighted by Gasteiger charge is 2.41. The van der Waals surface area contributed by atoms with Gasteiger partial charge in [0, 0.05) is 43.4 Å². The SMILES string of the molecule is COc1ccc2ncc(CN)c([C@@H](O)CCC3(C(=O)O)CCN(CC#Cc4c(F)cc(F)cc4F)CC3)c2c1. The number of rotatable bonds is 8. The van der Waals surface area contributed by atoms with Crippen molar-refractivity contribution in [1.29, 1.82) is 0 Å². The van der Waals surface area contributed by atoms with E-state index in [1.807, 2.05) is 4.90 Å². The second kappa shape index (κ2) is 12.0. The summed E-state index contributed by atoms with van der Waals surface area (Å²) < 4.78 is 46.0. The van der Waals surface area contributed by atoms with E-state index in [1.54, 1.807) is 31.5 Å². The summed E-state index contributed by atoms with van der Waals surface area (Å²) in [6, 6.07) is 6.51. The van der Waals surface area contributed by atoms with Crippen LogP contribution in [-0.4, -0.2) is 52.8 Å². The number of carboxylic acid groups (broad SMARTS) is 1. The molecule has 7 nitrogen and oxygen atoms in total. The van der Waals surface area contributed by atoms with Crippen LogP contribution < -0.4 is 10.5 Å². The number of aliphatic carboxylic acids is 1. The van der Waals surface area contributed by atoms with Gasteiger partial charge in [-0.05, 0) is 55.0 Å². The maximum absolute atomic E-state index is 13.8. The van der Waals surface area contributed by atoms with Crippen LogP contribution in [0.15, 0.2) is 36.5 Å². The van der Waals surface area contributed by atoms with Crippen molar-refractivity contribution in [3.63, 3.8) is 0 Å². The molecule has 4 rings (SSSR count). The number of halogens is 3. The molecule has 0 radical (unpaired) electrons. The number of hydrogen-bond donors (Lipinski definition) is 3. The number of carbonyl (C=O) groups is 1. The molecule has 1 fully saturated rings. The Kier molecular flexibility index (Phi) is 8.75. The smallest absolute Gasteiger partial charge is 0.309 e. The van der Waals surface area contributed by atoms with Crippen molar-refractivity contribution in [2.75, 3.05) is 26.7 Å². The van der Waals surface area contributed by atoms with Crippen molar-refractivity contribution in [2.45, 2.75) is 38.3 Å². The molecule has 0 amide bonds. The number of methoxy groups -OCH3 is 1. The van der Waals surface area contributed by atoms with Gasteiger partial charge in [0.1, 0.15) is 23.2 Å². The van der Waals surface area contributed by atoms with E-state index in [9.17, 15) is 28.2 Å². The number of pyridine rings is 1. The lowest BCUT2D eigenvalue weighted by Crippen LogP contribution is -2.44. The summed E-state index contributed by atoms with van der Waals surface area (Å²) in [7, 11) is 1.55. The Bertz CT molecular complexity index is 1400. The number of carboxylic acids is 1. The lowest BCUT2D eigenvalue weighted by molar-refractivity contribution is -0.153. The van der Waals surface area contributed by atoms with E-state index in [4.69, 9.17) is 10.5 Å². The summed E-state index contributed by atoms with van der Waals surface area (Å²) in [5.41, 5.74) is 6.36. The maximum Gasteiger partial charge on any atom is 0.309 e. The average Bonchev–Trinajstić information content (AvgIpc) is 2.92. The second-order valence-electron chi connectivity index (χ2n) is 9.75. The molecule has 2 aromatic carbocycles. The first-order valence-electron chi connectivity index (χ1n) is 12.6. The Balaban J connectivity index is 1.44. The maximum atomic E-state index is 13.8. The van der Waals surface area contributed by atoms with E-state index in [1.165, 1.54) is 0 Å². The Morgan fingerprint density at radius 1 is 1.21 bits per heavy atom. The molecule has 2 heterocycles. The van der Waals surface area contributed by atoms with Gasteiger partial charge in [0.25, 0.3) is 0 Å². The number of piperidine rings is 1. The van der Waals surface area contributed by atoms with E-state index in [0.29, 0.717) is 65.8 Å². The Labute approximate surface area is 224 Å². The van der Waals surface area contributed by atoms with E-state index >= 15 is 0 Å². The fourth-order valence-corrected chi connectivity index (χ4v) is 5.09. The number of likely N-dealkylation sites (tertiary alicyclic amines) is 1. The first-order chi connectivity index (χ1) is 18.7. The molecular weight excluding hydrogens is 511 g/mol. The number of benzene rings is 2. The number of hydrogen-bond acceptors (Lipinski definition) is 6. The minimum atomic E-state index is -1.07. The van der Waals surface area contributed by atoms with Gasteiger partial charge < -0.3 is 20.7 Å². The highest BCUT2D eigenvalue weighted by Crippen LogP contribution is 2.40. The molecule has 4 N–H and O–H groups in total. The van der Waals surface area contributed by atoms with Gasteiger partial charge >= 0.3 is 5.97 Å². The van der Waals surface area contributed by atoms with E-state index in [2.05, 4.69) is 16.8 Å². The molecule has 10 heteroatoms. The summed E-state index contributed by atoms with van der Waals surface area (Å²) in [6.07, 6.45) is 1.77. The number of aromatic nitrogens is 1. The zero-order valence-corrected chi connectivity index (χ0v) is 21.5. The number of aliphatic hydroxyl groups excluding tert-OH is 1. The van der Waals surface area contributed by atoms with Crippen molar-refractivity contribution in [3.8, 4) is 17.6 Å². The van der Waals surface area contributed by atoms with E-state index < -0.39 is 40.5 Å². The second-order valence-corrected chi connectivity index (χ2v) is 9.75. The van der Waals surface area contributed by atoms with Crippen molar-refractivity contribution in [3.05, 3.63) is 70.7 Å². The highest BCUT2D eigenvalue weighted by molar-refractivity contribution is 5.85. The Morgan fingerprint density at radius 2 is 1.90 bits per heavy atom. The van der Waals surface area contributed by atoms with Crippen LogP contribution in [-0.2, 0) is 11.3 Å². The van der Waals surface area contributed by atoms with Gasteiger partial charge in [-0.15, -0.1) is 0 Å². The van der Waals surface area contributed by atoms with Crippen LogP contribution in [0.3, 0.4) is 0 Å². The molecular formula is C29H30F3N3O4. The van der Waals surface area contributed by atoms with Crippen LogP contribution >= 0.6 is 0 Å². The predicted octanol–water partition coefficient (Wildman–Crippen LogP) is 4.15. The zero-order chi connectivity index (χ0) is 28.2. The van der Waals surface area contributed by atoms with Crippen molar-refractivity contribution >= 4 is 16.9 Å². The summed E-state index contributed by atoms with van der Waals surface area (Å²) in [6.45, 7) is 1.17. The number of aliphatic hydroxyl groups is 1. The third-order valence-electron chi connectivity index (χ3n) is 7.44. The standard InChI is InChI=1S/C29H30F3N3O4/c1-39-20-4-5-25-22(15-20)27(18(16-33)17-34-25)26(36)6-7-29(28(37)38)8-11-35(12-9-29)10-2-3-21-23(31)13-19(30)14-24(21)32/h4-5,13-15,17,26,36H,6-12,16,33H2,1H3,(H,37,38)/t26-/m0/s1. The molecule has 0 aliphatic carbocycles. The van der Waals surface area contributed by atoms with Gasteiger partial charge in [-0.25, -0.2) is 13.2 Å². The van der Waals surface area contributed by atoms with Gasteiger partial charge in [-0.2, -0.15) is 0 Å². The molecule has 1 aromatic heterocycles. The van der Waals surface area contributed by atoms with Crippen LogP contribution in [0.2, 0.25) is 0 Å². The average molecular weight is 542 g/mol. The van der Waals surface area contributed by atoms with Gasteiger partial charge in [-0.3, -0.25) is 14.7 Å². The molecule has 1 aliphatic rings. The van der Waals surface area contributed by atoms with Crippen LogP contribution in [0.25, 0.3) is 10.9 Å². The normalized spacial score (nSPS) is 15.9. The fourth-order valence-electron chi connectivity index (χ4n) is 5.09. The number of ether oxygens (including phenoxy) is 1. The molecule has 0 unspecified atom stereocenters. The van der Waals surface area contributed by atoms with Gasteiger partial charge in [0.2, 0.25) is 0 Å². The topological polar surface area (TPSA) is 109 Å². The fraction of sp³-hybridized carbons (Fsp3) is 0.379. The Hall–Kier alpha value is -3.65. The number of nitrogens with zero attached hydrogens (tertiary/aromatic N) is 2. The molecule has 1 saturated heterocycles. The van der Waals surface area contributed by atoms with Crippen molar-refractivity contribution in [1.82, 2.24) is 9.88 Å². The molecule has 206 valence electrons. The number of fused-ring (bicyclic) bond motifs is 1. The van der Waals surface area contributed by atoms with Gasteiger partial charge in [-0.1, -0.05) is 11.8 Å². The quantitative estimate of drug-likeness (QED) is 0.368. The first-order valence-corrected chi connectivity index (χ1v) is 12.6. The summed E-state index contributed by atoms with van der Waals surface area (Å²) in [5.74, 6) is 1.62. The van der Waals surface area contributed by atoms with Crippen LogP contribution in [0.4, 0.5) is 13.2 Å². The summed E-state index contributed by atoms with van der Waals surface area (Å²) >= 11 is 0. The molecule has 3 aromatic rings. The minimum absolute atomic E-state index is 0.165. The van der Waals surface area contributed by atoms with E-state index in [-0.39, 0.29) is 25.9 Å². The largest absolute Gasteiger partial charge is 0.497 e. The van der Waals surface area contributed by atoms with E-state index in [0.717, 1.165) is 0 Å². The third-order valence-corrected chi connectivity index (χ3v) is 7.44. The number of nitrogens with two attached hydrogens (primary N) is 1. The van der Waals surface area contributed by atoms with Crippen LogP contribution in [0, 0.1) is 34.7 Å². The van der Waals surface area contributed by atoms with Crippen molar-refractivity contribution < 1.29 is 32.9 Å². The summed E-state index contributed by atoms with van der Waals surface area (Å²) in [5, 5.41) is 22.1. The van der Waals surface area contributed by atoms with Crippen LogP contribution in [0.1, 0.15) is 48.5 Å². The minimum Gasteiger partial charge on any atom is -0.497 e. The summed E-state index contributed by atoms with van der Waals surface area (Å²) in [4.78, 5) is 18.7. The Morgan fingerprint density at radius 3 is 2.51 bits per heavy atom. The lowest BCUT2D eigenvalue weighted by atomic mass is 9.74. The monoisotopic (exact) mass is 541 g/mol. The van der Waals surface area contributed by atoms with Crippen LogP contribution in [0.5, 0.6) is 5.75 Å². The van der Waals surface area contributed by atoms with Gasteiger partial charge in [0.15, 0.2) is 0 Å². The molecule has 1 atom stereocenters. The first kappa shape index (κ1) is 28.4. The molecule has 1 aliphatic heterocycles. The lowest BCUT2D eigenvalue weighted by Gasteiger charge is -2.38. The van der Waals surface area contributed by atoms with Gasteiger partial charge in [0.05, 0.1) is 36.3 Å². The zero-order valence-electron chi connectivity index (χ0n) is 21.5. The molecule has 0 saturated carbocycles. The molecule has 0 spiro atoms. The highest BCUT2D eigenvalue weighted by atomic mass is 19.1.